The predicted molar refractivity (Wildman–Crippen MR) is 112 cm³/mol. The van der Waals surface area contributed by atoms with Crippen LogP contribution in [-0.4, -0.2) is 49.7 Å². The number of carbonyl (C=O) groups is 1. The van der Waals surface area contributed by atoms with Crippen molar-refractivity contribution < 1.29 is 13.9 Å². The number of nitrogens with zero attached hydrogens (tertiary/aromatic N) is 2. The van der Waals surface area contributed by atoms with Gasteiger partial charge in [-0.2, -0.15) is 0 Å². The second-order valence-electron chi connectivity index (χ2n) is 7.96. The van der Waals surface area contributed by atoms with E-state index in [1.807, 2.05) is 51.1 Å². The zero-order valence-corrected chi connectivity index (χ0v) is 17.3. The lowest BCUT2D eigenvalue weighted by Crippen LogP contribution is -2.44. The second kappa shape index (κ2) is 8.69. The Morgan fingerprint density at radius 3 is 2.61 bits per heavy atom. The topological polar surface area (TPSA) is 58.0 Å². The number of anilines is 2. The van der Waals surface area contributed by atoms with E-state index in [2.05, 4.69) is 22.2 Å². The summed E-state index contributed by atoms with van der Waals surface area (Å²) in [6, 6.07) is 9.70. The van der Waals surface area contributed by atoms with Gasteiger partial charge in [-0.15, -0.1) is 0 Å². The van der Waals surface area contributed by atoms with Crippen LogP contribution in [0, 0.1) is 0 Å². The maximum Gasteiger partial charge on any atom is 0.340 e. The van der Waals surface area contributed by atoms with Crippen LogP contribution < -0.4 is 10.2 Å². The van der Waals surface area contributed by atoms with Gasteiger partial charge in [-0.05, 0) is 57.6 Å². The molecule has 3 rings (SSSR count). The average Bonchev–Trinajstić information content (AvgIpc) is 3.20. The van der Waals surface area contributed by atoms with Gasteiger partial charge in [0.05, 0.1) is 24.1 Å². The number of piperazine rings is 1. The van der Waals surface area contributed by atoms with E-state index in [1.165, 1.54) is 0 Å². The van der Waals surface area contributed by atoms with Crippen LogP contribution in [0.3, 0.4) is 0 Å². The molecule has 1 aliphatic rings. The number of likely N-dealkylation sites (N-methyl/N-ethyl adjacent to an activating group) is 1. The molecule has 1 aromatic heterocycles. The highest BCUT2D eigenvalue weighted by molar-refractivity contribution is 5.96. The summed E-state index contributed by atoms with van der Waals surface area (Å²) in [5.41, 5.74) is 1.93. The lowest BCUT2D eigenvalue weighted by Gasteiger charge is -2.34. The Labute approximate surface area is 167 Å². The van der Waals surface area contributed by atoms with Crippen molar-refractivity contribution >= 4 is 17.3 Å². The fraction of sp³-hybridized carbons (Fsp3) is 0.500. The van der Waals surface area contributed by atoms with Gasteiger partial charge in [0.25, 0.3) is 0 Å². The van der Waals surface area contributed by atoms with Crippen molar-refractivity contribution in [2.24, 2.45) is 0 Å². The molecule has 1 aliphatic heterocycles. The normalized spacial score (nSPS) is 15.5. The first-order valence-electron chi connectivity index (χ1n) is 9.95. The minimum atomic E-state index is -0.495. The Kier molecular flexibility index (Phi) is 6.29. The van der Waals surface area contributed by atoms with Crippen LogP contribution in [0.25, 0.3) is 0 Å². The van der Waals surface area contributed by atoms with Crippen LogP contribution in [0.4, 0.5) is 11.4 Å². The summed E-state index contributed by atoms with van der Waals surface area (Å²) in [6.45, 7) is 10.4. The van der Waals surface area contributed by atoms with Gasteiger partial charge in [0, 0.05) is 31.9 Å². The summed E-state index contributed by atoms with van der Waals surface area (Å²) in [5, 5.41) is 3.36. The van der Waals surface area contributed by atoms with Crippen LogP contribution in [0.2, 0.25) is 0 Å². The monoisotopic (exact) mass is 385 g/mol. The Balaban J connectivity index is 1.83. The number of hydrogen-bond donors (Lipinski definition) is 1. The largest absolute Gasteiger partial charge is 0.467 e. The summed E-state index contributed by atoms with van der Waals surface area (Å²) >= 11 is 0. The van der Waals surface area contributed by atoms with Crippen LogP contribution in [-0.2, 0) is 11.3 Å². The molecule has 1 saturated heterocycles. The number of hydrogen-bond acceptors (Lipinski definition) is 6. The molecule has 2 heterocycles. The average molecular weight is 386 g/mol. The number of carbonyl (C=O) groups excluding carboxylic acids is 1. The highest BCUT2D eigenvalue weighted by Gasteiger charge is 2.24. The lowest BCUT2D eigenvalue weighted by molar-refractivity contribution is -0.00232. The maximum atomic E-state index is 12.8. The van der Waals surface area contributed by atoms with Gasteiger partial charge in [-0.3, -0.25) is 0 Å². The fourth-order valence-electron chi connectivity index (χ4n) is 3.09. The van der Waals surface area contributed by atoms with E-state index < -0.39 is 5.60 Å². The molecule has 0 spiro atoms. The Bertz CT molecular complexity index is 778. The number of rotatable bonds is 7. The SMILES string of the molecule is CCC(C)(C)OC(=O)c1ccc(N2CCN(C)CC2)cc1NCc1ccco1. The number of nitrogens with one attached hydrogen (secondary N) is 1. The van der Waals surface area contributed by atoms with Crippen molar-refractivity contribution in [3.8, 4) is 0 Å². The molecule has 0 aliphatic carbocycles. The molecule has 0 saturated carbocycles. The zero-order chi connectivity index (χ0) is 20.1. The molecule has 1 N–H and O–H groups in total. The number of esters is 1. The Morgan fingerprint density at radius 2 is 1.96 bits per heavy atom. The fourth-order valence-corrected chi connectivity index (χ4v) is 3.09. The lowest BCUT2D eigenvalue weighted by atomic mass is 10.1. The molecule has 1 fully saturated rings. The predicted octanol–water partition coefficient (Wildman–Crippen LogP) is 3.99. The number of furan rings is 1. The van der Waals surface area contributed by atoms with E-state index >= 15 is 0 Å². The molecular weight excluding hydrogens is 354 g/mol. The first kappa shape index (κ1) is 20.3. The molecule has 6 nitrogen and oxygen atoms in total. The van der Waals surface area contributed by atoms with Gasteiger partial charge in [-0.1, -0.05) is 6.92 Å². The molecule has 0 radical (unpaired) electrons. The molecule has 28 heavy (non-hydrogen) atoms. The van der Waals surface area contributed by atoms with Gasteiger partial charge in [0.15, 0.2) is 0 Å². The Hall–Kier alpha value is -2.47. The van der Waals surface area contributed by atoms with Crippen LogP contribution >= 0.6 is 0 Å². The van der Waals surface area contributed by atoms with Crippen LogP contribution in [0.15, 0.2) is 41.0 Å². The van der Waals surface area contributed by atoms with Crippen LogP contribution in [0.1, 0.15) is 43.3 Å². The summed E-state index contributed by atoms with van der Waals surface area (Å²) in [5.74, 6) is 0.511. The standard InChI is InChI=1S/C22H31N3O3/c1-5-22(2,3)28-21(26)19-9-8-17(25-12-10-24(4)11-13-25)15-20(19)23-16-18-7-6-14-27-18/h6-9,14-15,23H,5,10-13,16H2,1-4H3. The van der Waals surface area contributed by atoms with E-state index in [1.54, 1.807) is 6.26 Å². The molecule has 2 aromatic rings. The molecule has 0 amide bonds. The number of ether oxygens (including phenoxy) is 1. The van der Waals surface area contributed by atoms with Gasteiger partial charge < -0.3 is 24.3 Å². The third kappa shape index (κ3) is 5.07. The van der Waals surface area contributed by atoms with Crippen molar-refractivity contribution in [2.75, 3.05) is 43.4 Å². The summed E-state index contributed by atoms with van der Waals surface area (Å²) in [6.07, 6.45) is 2.41. The van der Waals surface area contributed by atoms with E-state index in [-0.39, 0.29) is 5.97 Å². The van der Waals surface area contributed by atoms with Crippen molar-refractivity contribution in [3.63, 3.8) is 0 Å². The van der Waals surface area contributed by atoms with Gasteiger partial charge >= 0.3 is 5.97 Å². The Morgan fingerprint density at radius 1 is 1.21 bits per heavy atom. The molecule has 152 valence electrons. The van der Waals surface area contributed by atoms with Crippen molar-refractivity contribution in [2.45, 2.75) is 39.3 Å². The minimum Gasteiger partial charge on any atom is -0.467 e. The van der Waals surface area contributed by atoms with Crippen molar-refractivity contribution in [3.05, 3.63) is 47.9 Å². The summed E-state index contributed by atoms with van der Waals surface area (Å²) in [4.78, 5) is 17.5. The molecular formula is C22H31N3O3. The second-order valence-corrected chi connectivity index (χ2v) is 7.96. The first-order valence-corrected chi connectivity index (χ1v) is 9.95. The molecule has 1 aromatic carbocycles. The van der Waals surface area contributed by atoms with Crippen molar-refractivity contribution in [1.29, 1.82) is 0 Å². The highest BCUT2D eigenvalue weighted by atomic mass is 16.6. The van der Waals surface area contributed by atoms with E-state index in [0.717, 1.165) is 49.7 Å². The maximum absolute atomic E-state index is 12.8. The zero-order valence-electron chi connectivity index (χ0n) is 17.3. The van der Waals surface area contributed by atoms with Crippen LogP contribution in [0.5, 0.6) is 0 Å². The summed E-state index contributed by atoms with van der Waals surface area (Å²) in [7, 11) is 2.14. The molecule has 6 heteroatoms. The first-order chi connectivity index (χ1) is 13.4. The molecule has 0 bridgehead atoms. The smallest absolute Gasteiger partial charge is 0.340 e. The van der Waals surface area contributed by atoms with E-state index in [9.17, 15) is 4.79 Å². The quantitative estimate of drug-likeness (QED) is 0.728. The van der Waals surface area contributed by atoms with Gasteiger partial charge in [0.1, 0.15) is 11.4 Å². The van der Waals surface area contributed by atoms with E-state index in [0.29, 0.717) is 12.1 Å². The molecule has 0 unspecified atom stereocenters. The summed E-state index contributed by atoms with van der Waals surface area (Å²) < 4.78 is 11.1. The number of benzene rings is 1. The third-order valence-electron chi connectivity index (χ3n) is 5.35. The third-order valence-corrected chi connectivity index (χ3v) is 5.35. The van der Waals surface area contributed by atoms with Gasteiger partial charge in [-0.25, -0.2) is 4.79 Å². The van der Waals surface area contributed by atoms with Crippen molar-refractivity contribution in [1.82, 2.24) is 4.90 Å². The minimum absolute atomic E-state index is 0.307. The highest BCUT2D eigenvalue weighted by Crippen LogP contribution is 2.28. The van der Waals surface area contributed by atoms with E-state index in [4.69, 9.17) is 9.15 Å². The molecule has 0 atom stereocenters. The van der Waals surface area contributed by atoms with Gasteiger partial charge in [0.2, 0.25) is 0 Å².